The molecule has 2 heterocycles. The Morgan fingerprint density at radius 3 is 2.53 bits per heavy atom. The summed E-state index contributed by atoms with van der Waals surface area (Å²) in [4.78, 5) is 27.2. The molecule has 0 spiro atoms. The molecule has 32 heavy (non-hydrogen) atoms. The van der Waals surface area contributed by atoms with Gasteiger partial charge in [-0.1, -0.05) is 23.9 Å². The second-order valence-corrected chi connectivity index (χ2v) is 7.54. The monoisotopic (exact) mass is 447 g/mol. The zero-order valence-electron chi connectivity index (χ0n) is 16.9. The molecule has 0 fully saturated rings. The SMILES string of the molecule is COc1ccc(-n2c(SCC(=O)c3cccc([N+](=O)[O-])c3)nnc2-c2ccncc2)cc1. The number of thioether (sulfide) groups is 1. The molecule has 4 rings (SSSR count). The van der Waals surface area contributed by atoms with Gasteiger partial charge in [0.15, 0.2) is 16.8 Å². The molecule has 2 aromatic heterocycles. The minimum atomic E-state index is -0.523. The van der Waals surface area contributed by atoms with E-state index in [9.17, 15) is 14.9 Å². The molecule has 0 bridgehead atoms. The van der Waals surface area contributed by atoms with E-state index in [2.05, 4.69) is 15.2 Å². The molecule has 2 aromatic carbocycles. The van der Waals surface area contributed by atoms with Crippen LogP contribution in [0, 0.1) is 10.1 Å². The Morgan fingerprint density at radius 1 is 1.09 bits per heavy atom. The van der Waals surface area contributed by atoms with E-state index in [1.54, 1.807) is 25.6 Å². The summed E-state index contributed by atoms with van der Waals surface area (Å²) < 4.78 is 7.09. The van der Waals surface area contributed by atoms with Gasteiger partial charge in [-0.3, -0.25) is 24.5 Å². The van der Waals surface area contributed by atoms with Crippen LogP contribution in [0.5, 0.6) is 5.75 Å². The molecule has 4 aromatic rings. The van der Waals surface area contributed by atoms with Gasteiger partial charge >= 0.3 is 0 Å². The number of nitrogens with zero attached hydrogens (tertiary/aromatic N) is 5. The number of nitro groups is 1. The number of hydrogen-bond donors (Lipinski definition) is 0. The summed E-state index contributed by atoms with van der Waals surface area (Å²) in [6.07, 6.45) is 3.34. The normalized spacial score (nSPS) is 10.7. The molecular weight excluding hydrogens is 430 g/mol. The highest BCUT2D eigenvalue weighted by molar-refractivity contribution is 7.99. The van der Waals surface area contributed by atoms with Crippen LogP contribution in [0.3, 0.4) is 0 Å². The van der Waals surface area contributed by atoms with Crippen LogP contribution in [-0.4, -0.2) is 43.3 Å². The third-order valence-corrected chi connectivity index (χ3v) is 5.54. The Hall–Kier alpha value is -4.05. The molecule has 0 saturated heterocycles. The fraction of sp³-hybridized carbons (Fsp3) is 0.0909. The van der Waals surface area contributed by atoms with Crippen LogP contribution in [0.1, 0.15) is 10.4 Å². The van der Waals surface area contributed by atoms with Crippen LogP contribution in [0.15, 0.2) is 78.2 Å². The molecule has 0 aliphatic rings. The first-order valence-electron chi connectivity index (χ1n) is 9.47. The lowest BCUT2D eigenvalue weighted by Crippen LogP contribution is -2.05. The van der Waals surface area contributed by atoms with Crippen LogP contribution in [0.2, 0.25) is 0 Å². The Kier molecular flexibility index (Phi) is 6.22. The molecular formula is C22H17N5O4S. The second kappa shape index (κ2) is 9.40. The van der Waals surface area contributed by atoms with Gasteiger partial charge in [-0.25, -0.2) is 0 Å². The van der Waals surface area contributed by atoms with Crippen LogP contribution < -0.4 is 4.74 Å². The van der Waals surface area contributed by atoms with Gasteiger partial charge in [0.25, 0.3) is 5.69 Å². The lowest BCUT2D eigenvalue weighted by atomic mass is 10.1. The number of aromatic nitrogens is 4. The van der Waals surface area contributed by atoms with E-state index in [1.165, 1.54) is 30.0 Å². The van der Waals surface area contributed by atoms with Crippen molar-refractivity contribution in [1.29, 1.82) is 0 Å². The van der Waals surface area contributed by atoms with Gasteiger partial charge in [-0.15, -0.1) is 10.2 Å². The summed E-state index contributed by atoms with van der Waals surface area (Å²) in [5.41, 5.74) is 1.77. The predicted octanol–water partition coefficient (Wildman–Crippen LogP) is 4.22. The number of nitro benzene ring substituents is 1. The molecule has 0 unspecified atom stereocenters. The molecule has 160 valence electrons. The first kappa shape index (κ1) is 21.2. The number of ether oxygens (including phenoxy) is 1. The number of rotatable bonds is 8. The van der Waals surface area contributed by atoms with Gasteiger partial charge in [0.1, 0.15) is 5.75 Å². The maximum absolute atomic E-state index is 12.7. The fourth-order valence-corrected chi connectivity index (χ4v) is 3.87. The van der Waals surface area contributed by atoms with Crippen molar-refractivity contribution in [3.63, 3.8) is 0 Å². The standard InChI is InChI=1S/C22H17N5O4S/c1-31-19-7-5-17(6-8-19)26-21(15-9-11-23-12-10-15)24-25-22(26)32-14-20(28)16-3-2-4-18(13-16)27(29)30/h2-13H,14H2,1H3. The summed E-state index contributed by atoms with van der Waals surface area (Å²) in [7, 11) is 1.59. The van der Waals surface area contributed by atoms with Crippen molar-refractivity contribution in [2.24, 2.45) is 0 Å². The second-order valence-electron chi connectivity index (χ2n) is 6.59. The van der Waals surface area contributed by atoms with Crippen molar-refractivity contribution < 1.29 is 14.5 Å². The zero-order chi connectivity index (χ0) is 22.5. The van der Waals surface area contributed by atoms with E-state index >= 15 is 0 Å². The number of benzene rings is 2. The van der Waals surface area contributed by atoms with Crippen molar-refractivity contribution >= 4 is 23.2 Å². The average Bonchev–Trinajstić information content (AvgIpc) is 3.27. The summed E-state index contributed by atoms with van der Waals surface area (Å²) in [5.74, 6) is 1.12. The maximum atomic E-state index is 12.7. The van der Waals surface area contributed by atoms with Gasteiger partial charge in [0.05, 0.1) is 17.8 Å². The van der Waals surface area contributed by atoms with Crippen molar-refractivity contribution in [3.8, 4) is 22.8 Å². The minimum Gasteiger partial charge on any atom is -0.497 e. The predicted molar refractivity (Wildman–Crippen MR) is 119 cm³/mol. The van der Waals surface area contributed by atoms with Crippen LogP contribution in [0.25, 0.3) is 17.1 Å². The van der Waals surface area contributed by atoms with Gasteiger partial charge in [0, 0.05) is 41.3 Å². The van der Waals surface area contributed by atoms with E-state index in [0.29, 0.717) is 16.7 Å². The third-order valence-electron chi connectivity index (χ3n) is 4.61. The van der Waals surface area contributed by atoms with Crippen LogP contribution in [0.4, 0.5) is 5.69 Å². The summed E-state index contributed by atoms with van der Waals surface area (Å²) in [5, 5.41) is 20.1. The Balaban J connectivity index is 1.65. The molecule has 0 amide bonds. The Bertz CT molecular complexity index is 1260. The third kappa shape index (κ3) is 4.49. The van der Waals surface area contributed by atoms with Crippen molar-refractivity contribution in [1.82, 2.24) is 19.7 Å². The summed E-state index contributed by atoms with van der Waals surface area (Å²) in [6.45, 7) is 0. The lowest BCUT2D eigenvalue weighted by molar-refractivity contribution is -0.384. The van der Waals surface area contributed by atoms with Crippen LogP contribution in [-0.2, 0) is 0 Å². The topological polar surface area (TPSA) is 113 Å². The smallest absolute Gasteiger partial charge is 0.270 e. The number of non-ortho nitro benzene ring substituents is 1. The number of Topliss-reactive ketones (excluding diaryl/α,β-unsaturated/α-hetero) is 1. The number of hydrogen-bond acceptors (Lipinski definition) is 8. The van der Waals surface area contributed by atoms with Crippen LogP contribution >= 0.6 is 11.8 Å². The summed E-state index contributed by atoms with van der Waals surface area (Å²) >= 11 is 1.21. The quantitative estimate of drug-likeness (QED) is 0.171. The van der Waals surface area contributed by atoms with Gasteiger partial charge < -0.3 is 4.74 Å². The molecule has 0 aliphatic carbocycles. The van der Waals surface area contributed by atoms with Gasteiger partial charge in [-0.05, 0) is 36.4 Å². The average molecular weight is 447 g/mol. The highest BCUT2D eigenvalue weighted by Crippen LogP contribution is 2.29. The largest absolute Gasteiger partial charge is 0.497 e. The van der Waals surface area contributed by atoms with E-state index in [4.69, 9.17) is 4.74 Å². The molecule has 0 aliphatic heterocycles. The highest BCUT2D eigenvalue weighted by atomic mass is 32.2. The number of pyridine rings is 1. The minimum absolute atomic E-state index is 0.0474. The molecule has 10 heteroatoms. The number of carbonyl (C=O) groups excluding carboxylic acids is 1. The van der Waals surface area contributed by atoms with Gasteiger partial charge in [-0.2, -0.15) is 0 Å². The van der Waals surface area contributed by atoms with Gasteiger partial charge in [0.2, 0.25) is 0 Å². The van der Waals surface area contributed by atoms with E-state index in [-0.39, 0.29) is 22.8 Å². The Labute approximate surface area is 187 Å². The first-order valence-corrected chi connectivity index (χ1v) is 10.5. The lowest BCUT2D eigenvalue weighted by Gasteiger charge is -2.11. The van der Waals surface area contributed by atoms with Crippen molar-refractivity contribution in [2.45, 2.75) is 5.16 Å². The fourth-order valence-electron chi connectivity index (χ4n) is 3.02. The molecule has 0 atom stereocenters. The maximum Gasteiger partial charge on any atom is 0.270 e. The van der Waals surface area contributed by atoms with E-state index in [0.717, 1.165) is 11.3 Å². The van der Waals surface area contributed by atoms with E-state index < -0.39 is 4.92 Å². The number of carbonyl (C=O) groups is 1. The number of ketones is 1. The number of methoxy groups -OCH3 is 1. The Morgan fingerprint density at radius 2 is 1.84 bits per heavy atom. The molecule has 9 nitrogen and oxygen atoms in total. The molecule has 0 N–H and O–H groups in total. The summed E-state index contributed by atoms with van der Waals surface area (Å²) in [6, 6.07) is 16.7. The molecule has 0 saturated carbocycles. The molecule has 0 radical (unpaired) electrons. The highest BCUT2D eigenvalue weighted by Gasteiger charge is 2.19. The van der Waals surface area contributed by atoms with Crippen molar-refractivity contribution in [3.05, 3.63) is 88.7 Å². The van der Waals surface area contributed by atoms with E-state index in [1.807, 2.05) is 41.0 Å². The first-order chi connectivity index (χ1) is 15.6. The van der Waals surface area contributed by atoms with Crippen molar-refractivity contribution in [2.75, 3.05) is 12.9 Å². The zero-order valence-corrected chi connectivity index (χ0v) is 17.7.